The van der Waals surface area contributed by atoms with Gasteiger partial charge in [0.15, 0.2) is 0 Å². The Balaban J connectivity index is 4.58. The molecular weight excluding hydrogens is 202 g/mol. The summed E-state index contributed by atoms with van der Waals surface area (Å²) < 4.78 is 0.737. The van der Waals surface area contributed by atoms with Gasteiger partial charge in [-0.25, -0.2) is 4.89 Å². The summed E-state index contributed by atoms with van der Waals surface area (Å²) in [7, 11) is 6.41. The predicted octanol–water partition coefficient (Wildman–Crippen LogP) is 3.35. The standard InChI is InChI=1S/C13H30NO2/c1-9-11-13(5,14(6,7)8)16-15-12(3,4)10-2/h9-11H2,1-8H3/q+1. The minimum Gasteiger partial charge on any atom is -0.301 e. The van der Waals surface area contributed by atoms with E-state index in [1.807, 2.05) is 0 Å². The van der Waals surface area contributed by atoms with Crippen molar-refractivity contribution >= 4 is 0 Å². The van der Waals surface area contributed by atoms with Crippen LogP contribution in [0.1, 0.15) is 53.9 Å². The monoisotopic (exact) mass is 232 g/mol. The molecule has 98 valence electrons. The van der Waals surface area contributed by atoms with Gasteiger partial charge in [-0.05, 0) is 26.7 Å². The average Bonchev–Trinajstić information content (AvgIpc) is 2.14. The molecular formula is C13H30NO2+. The van der Waals surface area contributed by atoms with Crippen LogP contribution in [0.2, 0.25) is 0 Å². The Morgan fingerprint density at radius 2 is 1.44 bits per heavy atom. The molecule has 0 rings (SSSR count). The number of hydrogen-bond donors (Lipinski definition) is 0. The molecule has 0 amide bonds. The Kier molecular flexibility index (Phi) is 5.44. The van der Waals surface area contributed by atoms with E-state index in [0.717, 1.165) is 23.7 Å². The van der Waals surface area contributed by atoms with E-state index in [-0.39, 0.29) is 11.3 Å². The van der Waals surface area contributed by atoms with Crippen molar-refractivity contribution in [1.82, 2.24) is 0 Å². The molecule has 0 saturated carbocycles. The van der Waals surface area contributed by atoms with Crippen LogP contribution in [0.3, 0.4) is 0 Å². The van der Waals surface area contributed by atoms with Crippen LogP contribution < -0.4 is 0 Å². The van der Waals surface area contributed by atoms with E-state index >= 15 is 0 Å². The van der Waals surface area contributed by atoms with Crippen LogP contribution in [0.25, 0.3) is 0 Å². The van der Waals surface area contributed by atoms with Crippen LogP contribution in [0.5, 0.6) is 0 Å². The topological polar surface area (TPSA) is 18.5 Å². The van der Waals surface area contributed by atoms with Crippen LogP contribution in [0, 0.1) is 0 Å². The van der Waals surface area contributed by atoms with Crippen molar-refractivity contribution in [2.45, 2.75) is 65.2 Å². The van der Waals surface area contributed by atoms with Crippen molar-refractivity contribution in [1.29, 1.82) is 0 Å². The summed E-state index contributed by atoms with van der Waals surface area (Å²) >= 11 is 0. The molecule has 0 aliphatic rings. The second-order valence-electron chi connectivity index (χ2n) is 6.22. The van der Waals surface area contributed by atoms with E-state index < -0.39 is 0 Å². The lowest BCUT2D eigenvalue weighted by atomic mass is 10.1. The maximum atomic E-state index is 5.76. The molecule has 0 heterocycles. The molecule has 0 bridgehead atoms. The van der Waals surface area contributed by atoms with E-state index in [9.17, 15) is 0 Å². The Labute approximate surface area is 101 Å². The Hall–Kier alpha value is -0.120. The van der Waals surface area contributed by atoms with Crippen LogP contribution in [0.15, 0.2) is 0 Å². The maximum Gasteiger partial charge on any atom is 0.230 e. The highest BCUT2D eigenvalue weighted by Crippen LogP contribution is 2.28. The minimum absolute atomic E-state index is 0.218. The lowest BCUT2D eigenvalue weighted by Gasteiger charge is -2.43. The summed E-state index contributed by atoms with van der Waals surface area (Å²) in [6, 6.07) is 0. The normalized spacial score (nSPS) is 17.2. The summed E-state index contributed by atoms with van der Waals surface area (Å²) in [5.74, 6) is 0. The van der Waals surface area contributed by atoms with Crippen LogP contribution in [-0.2, 0) is 9.78 Å². The van der Waals surface area contributed by atoms with Gasteiger partial charge in [-0.3, -0.25) is 0 Å². The zero-order valence-corrected chi connectivity index (χ0v) is 12.4. The summed E-state index contributed by atoms with van der Waals surface area (Å²) in [6.45, 7) is 10.5. The minimum atomic E-state index is -0.290. The van der Waals surface area contributed by atoms with Crippen molar-refractivity contribution in [3.05, 3.63) is 0 Å². The molecule has 16 heavy (non-hydrogen) atoms. The fraction of sp³-hybridized carbons (Fsp3) is 1.00. The molecule has 0 radical (unpaired) electrons. The van der Waals surface area contributed by atoms with Crippen molar-refractivity contribution < 1.29 is 14.3 Å². The molecule has 0 aromatic rings. The van der Waals surface area contributed by atoms with E-state index in [2.05, 4.69) is 55.8 Å². The number of nitrogens with zero attached hydrogens (tertiary/aromatic N) is 1. The van der Waals surface area contributed by atoms with Crippen molar-refractivity contribution in [2.24, 2.45) is 0 Å². The molecule has 0 spiro atoms. The summed E-state index contributed by atoms with van der Waals surface area (Å²) in [5, 5.41) is 0. The first-order chi connectivity index (χ1) is 7.08. The van der Waals surface area contributed by atoms with Gasteiger partial charge in [0.2, 0.25) is 5.72 Å². The van der Waals surface area contributed by atoms with Gasteiger partial charge in [0.25, 0.3) is 0 Å². The third kappa shape index (κ3) is 4.40. The highest BCUT2D eigenvalue weighted by atomic mass is 17.2. The number of hydrogen-bond acceptors (Lipinski definition) is 2. The molecule has 3 nitrogen and oxygen atoms in total. The van der Waals surface area contributed by atoms with E-state index in [4.69, 9.17) is 9.78 Å². The molecule has 0 aliphatic heterocycles. The summed E-state index contributed by atoms with van der Waals surface area (Å²) in [4.78, 5) is 11.4. The van der Waals surface area contributed by atoms with Crippen LogP contribution >= 0.6 is 0 Å². The van der Waals surface area contributed by atoms with Crippen molar-refractivity contribution in [3.8, 4) is 0 Å². The molecule has 1 unspecified atom stereocenters. The van der Waals surface area contributed by atoms with E-state index in [0.29, 0.717) is 0 Å². The molecule has 0 fully saturated rings. The SMILES string of the molecule is CCCC(C)(OOC(C)(C)CC)[N+](C)(C)C. The fourth-order valence-electron chi connectivity index (χ4n) is 1.21. The predicted molar refractivity (Wildman–Crippen MR) is 67.9 cm³/mol. The van der Waals surface area contributed by atoms with Gasteiger partial charge < -0.3 is 4.48 Å². The van der Waals surface area contributed by atoms with Gasteiger partial charge in [0.1, 0.15) is 0 Å². The zero-order chi connectivity index (χ0) is 13.0. The quantitative estimate of drug-likeness (QED) is 0.290. The molecule has 0 aromatic heterocycles. The van der Waals surface area contributed by atoms with Gasteiger partial charge in [-0.2, -0.15) is 4.89 Å². The Morgan fingerprint density at radius 1 is 0.938 bits per heavy atom. The van der Waals surface area contributed by atoms with Crippen LogP contribution in [-0.4, -0.2) is 37.0 Å². The Bertz CT molecular complexity index is 208. The Morgan fingerprint density at radius 3 is 1.75 bits per heavy atom. The van der Waals surface area contributed by atoms with Gasteiger partial charge in [0.05, 0.1) is 26.7 Å². The van der Waals surface area contributed by atoms with Gasteiger partial charge in [-0.15, -0.1) is 0 Å². The first kappa shape index (κ1) is 15.9. The lowest BCUT2D eigenvalue weighted by molar-refractivity contribution is -0.962. The van der Waals surface area contributed by atoms with Crippen molar-refractivity contribution in [2.75, 3.05) is 21.1 Å². The number of quaternary nitrogens is 1. The fourth-order valence-corrected chi connectivity index (χ4v) is 1.21. The number of rotatable bonds is 7. The average molecular weight is 232 g/mol. The highest BCUT2D eigenvalue weighted by molar-refractivity contribution is 4.65. The maximum absolute atomic E-state index is 5.76. The molecule has 3 heteroatoms. The molecule has 0 aliphatic carbocycles. The van der Waals surface area contributed by atoms with E-state index in [1.54, 1.807) is 0 Å². The first-order valence-corrected chi connectivity index (χ1v) is 6.26. The third-order valence-electron chi connectivity index (χ3n) is 3.43. The second-order valence-corrected chi connectivity index (χ2v) is 6.22. The van der Waals surface area contributed by atoms with Gasteiger partial charge in [0, 0.05) is 13.3 Å². The molecule has 0 aromatic carbocycles. The summed E-state index contributed by atoms with van der Waals surface area (Å²) in [5.41, 5.74) is -0.509. The van der Waals surface area contributed by atoms with Crippen molar-refractivity contribution in [3.63, 3.8) is 0 Å². The third-order valence-corrected chi connectivity index (χ3v) is 3.43. The zero-order valence-electron chi connectivity index (χ0n) is 12.4. The van der Waals surface area contributed by atoms with Gasteiger partial charge in [-0.1, -0.05) is 13.8 Å². The lowest BCUT2D eigenvalue weighted by Crippen LogP contribution is -2.57. The molecule has 0 N–H and O–H groups in total. The second kappa shape index (κ2) is 5.48. The summed E-state index contributed by atoms with van der Waals surface area (Å²) in [6.07, 6.45) is 3.00. The molecule has 1 atom stereocenters. The molecule has 0 saturated heterocycles. The highest BCUT2D eigenvalue weighted by Gasteiger charge is 2.41. The largest absolute Gasteiger partial charge is 0.301 e. The van der Waals surface area contributed by atoms with Crippen LogP contribution in [0.4, 0.5) is 0 Å². The first-order valence-electron chi connectivity index (χ1n) is 6.26. The van der Waals surface area contributed by atoms with E-state index in [1.165, 1.54) is 0 Å². The van der Waals surface area contributed by atoms with Gasteiger partial charge >= 0.3 is 0 Å². The smallest absolute Gasteiger partial charge is 0.230 e.